The van der Waals surface area contributed by atoms with Crippen molar-refractivity contribution in [3.63, 3.8) is 0 Å². The molecular formula is C38H57N3O11. The fourth-order valence-electron chi connectivity index (χ4n) is 6.91. The van der Waals surface area contributed by atoms with Crippen molar-refractivity contribution in [2.24, 2.45) is 0 Å². The lowest BCUT2D eigenvalue weighted by atomic mass is 9.97. The van der Waals surface area contributed by atoms with Crippen LogP contribution in [0.4, 0.5) is 4.79 Å². The van der Waals surface area contributed by atoms with E-state index in [-0.39, 0.29) is 25.7 Å². The molecule has 0 aliphatic carbocycles. The molecule has 3 saturated heterocycles. The van der Waals surface area contributed by atoms with Crippen molar-refractivity contribution in [3.8, 4) is 0 Å². The highest BCUT2D eigenvalue weighted by Crippen LogP contribution is 2.31. The molecule has 2 aromatic carbocycles. The van der Waals surface area contributed by atoms with Crippen molar-refractivity contribution in [2.45, 2.75) is 107 Å². The molecule has 0 radical (unpaired) electrons. The van der Waals surface area contributed by atoms with Crippen LogP contribution in [0, 0.1) is 0 Å². The van der Waals surface area contributed by atoms with Crippen LogP contribution >= 0.6 is 0 Å². The van der Waals surface area contributed by atoms with Gasteiger partial charge in [0.2, 0.25) is 0 Å². The molecule has 9 atom stereocenters. The number of nitrogens with one attached hydrogen (secondary N) is 1. The van der Waals surface area contributed by atoms with Gasteiger partial charge in [0.1, 0.15) is 30.0 Å². The van der Waals surface area contributed by atoms with E-state index < -0.39 is 67.0 Å². The number of hydrogen-bond acceptors (Lipinski definition) is 13. The van der Waals surface area contributed by atoms with Gasteiger partial charge in [0.05, 0.1) is 31.5 Å². The SMILES string of the molecule is CC(C)(C)OC(=O)NCCN1CCC(N(C[C@H](O)[C@@H](O)[C@H]2CCOC(c3ccccc3)O2)C[C@H](O)[C@@H](O)[C@@H]2OC(c3ccccc3)OC[C@H]2O)CC1. The van der Waals surface area contributed by atoms with Gasteiger partial charge in [-0.3, -0.25) is 4.90 Å². The number of carbonyl (C=O) groups excluding carboxylic acids is 1. The number of benzene rings is 2. The molecule has 1 amide bonds. The number of aliphatic hydroxyl groups excluding tert-OH is 5. The molecule has 0 bridgehead atoms. The quantitative estimate of drug-likeness (QED) is 0.165. The van der Waals surface area contributed by atoms with Crippen molar-refractivity contribution in [1.82, 2.24) is 15.1 Å². The second-order valence-electron chi connectivity index (χ2n) is 14.9. The predicted octanol–water partition coefficient (Wildman–Crippen LogP) is 1.70. The van der Waals surface area contributed by atoms with Crippen LogP contribution in [0.15, 0.2) is 60.7 Å². The molecule has 290 valence electrons. The van der Waals surface area contributed by atoms with Crippen LogP contribution in [-0.2, 0) is 23.7 Å². The van der Waals surface area contributed by atoms with Crippen molar-refractivity contribution in [3.05, 3.63) is 71.8 Å². The number of hydrogen-bond donors (Lipinski definition) is 6. The number of ether oxygens (including phenoxy) is 5. The summed E-state index contributed by atoms with van der Waals surface area (Å²) in [5, 5.41) is 59.1. The van der Waals surface area contributed by atoms with Gasteiger partial charge in [-0.1, -0.05) is 60.7 Å². The van der Waals surface area contributed by atoms with Gasteiger partial charge in [-0.2, -0.15) is 0 Å². The summed E-state index contributed by atoms with van der Waals surface area (Å²) < 4.78 is 28.8. The Labute approximate surface area is 306 Å². The van der Waals surface area contributed by atoms with E-state index in [1.54, 1.807) is 0 Å². The van der Waals surface area contributed by atoms with Gasteiger partial charge in [0.15, 0.2) is 12.6 Å². The van der Waals surface area contributed by atoms with Gasteiger partial charge in [-0.25, -0.2) is 4.79 Å². The highest BCUT2D eigenvalue weighted by atomic mass is 16.7. The minimum atomic E-state index is -1.47. The van der Waals surface area contributed by atoms with E-state index in [0.29, 0.717) is 52.0 Å². The van der Waals surface area contributed by atoms with Crippen molar-refractivity contribution < 1.29 is 54.0 Å². The van der Waals surface area contributed by atoms with Crippen molar-refractivity contribution in [1.29, 1.82) is 0 Å². The number of rotatable bonds is 14. The summed E-state index contributed by atoms with van der Waals surface area (Å²) in [7, 11) is 0. The summed E-state index contributed by atoms with van der Waals surface area (Å²) in [6.07, 6.45) is -8.54. The van der Waals surface area contributed by atoms with Crippen LogP contribution in [0.5, 0.6) is 0 Å². The largest absolute Gasteiger partial charge is 0.444 e. The fourth-order valence-corrected chi connectivity index (χ4v) is 6.91. The molecule has 3 heterocycles. The van der Waals surface area contributed by atoms with Crippen molar-refractivity contribution >= 4 is 6.09 Å². The lowest BCUT2D eigenvalue weighted by molar-refractivity contribution is -0.283. The van der Waals surface area contributed by atoms with E-state index in [1.165, 1.54) is 0 Å². The third-order valence-electron chi connectivity index (χ3n) is 9.71. The van der Waals surface area contributed by atoms with Crippen LogP contribution in [0.1, 0.15) is 63.7 Å². The first-order valence-electron chi connectivity index (χ1n) is 18.4. The van der Waals surface area contributed by atoms with E-state index in [0.717, 1.165) is 11.1 Å². The van der Waals surface area contributed by atoms with Gasteiger partial charge in [0, 0.05) is 43.3 Å². The second kappa shape index (κ2) is 19.0. The molecule has 14 nitrogen and oxygen atoms in total. The number of nitrogens with zero attached hydrogens (tertiary/aromatic N) is 2. The Balaban J connectivity index is 1.22. The summed E-state index contributed by atoms with van der Waals surface area (Å²) in [4.78, 5) is 16.2. The molecule has 3 fully saturated rings. The number of piperidine rings is 1. The molecule has 2 unspecified atom stereocenters. The lowest BCUT2D eigenvalue weighted by Crippen LogP contribution is -2.57. The summed E-state index contributed by atoms with van der Waals surface area (Å²) in [6.45, 7) is 8.07. The number of aliphatic hydroxyl groups is 5. The highest BCUT2D eigenvalue weighted by Gasteiger charge is 2.41. The maximum atomic E-state index is 12.1. The maximum absolute atomic E-state index is 12.1. The minimum absolute atomic E-state index is 0.00361. The molecular weight excluding hydrogens is 674 g/mol. The third-order valence-corrected chi connectivity index (χ3v) is 9.71. The van der Waals surface area contributed by atoms with Gasteiger partial charge < -0.3 is 59.4 Å². The molecule has 6 N–H and O–H groups in total. The van der Waals surface area contributed by atoms with Gasteiger partial charge in [-0.15, -0.1) is 0 Å². The van der Waals surface area contributed by atoms with Gasteiger partial charge in [0.25, 0.3) is 0 Å². The van der Waals surface area contributed by atoms with Crippen LogP contribution in [0.2, 0.25) is 0 Å². The van der Waals surface area contributed by atoms with Gasteiger partial charge in [-0.05, 0) is 53.1 Å². The van der Waals surface area contributed by atoms with Crippen molar-refractivity contribution in [2.75, 3.05) is 52.5 Å². The number of likely N-dealkylation sites (tertiary alicyclic amines) is 1. The normalized spacial score (nSPS) is 27.4. The molecule has 0 aromatic heterocycles. The molecule has 5 rings (SSSR count). The monoisotopic (exact) mass is 731 g/mol. The Kier molecular flexibility index (Phi) is 14.8. The molecule has 3 aliphatic rings. The topological polar surface area (TPSA) is 183 Å². The average molecular weight is 732 g/mol. The first-order valence-corrected chi connectivity index (χ1v) is 18.4. The van der Waals surface area contributed by atoms with Crippen LogP contribution in [-0.4, -0.2) is 148 Å². The van der Waals surface area contributed by atoms with Crippen LogP contribution < -0.4 is 5.32 Å². The standard InChI is InChI=1S/C38H57N3O11/c1-38(2,3)52-37(47)39-17-20-40-18-14-27(15-19-40)41(22-28(42)32(45)31-16-21-48-35(50-31)25-10-6-4-7-11-25)23-29(43)33(46)34-30(44)24-49-36(51-34)26-12-8-5-9-13-26/h4-13,27-36,42-46H,14-24H2,1-3H3,(H,39,47)/t28-,29-,30+,31+,32+,33+,34+,35?,36?/m0/s1. The molecule has 2 aromatic rings. The summed E-state index contributed by atoms with van der Waals surface area (Å²) >= 11 is 0. The Morgan fingerprint density at radius 3 is 2.04 bits per heavy atom. The minimum Gasteiger partial charge on any atom is -0.444 e. The maximum Gasteiger partial charge on any atom is 0.407 e. The van der Waals surface area contributed by atoms with E-state index in [4.69, 9.17) is 23.7 Å². The second-order valence-corrected chi connectivity index (χ2v) is 14.9. The van der Waals surface area contributed by atoms with E-state index in [2.05, 4.69) is 10.2 Å². The van der Waals surface area contributed by atoms with E-state index in [1.807, 2.05) is 86.3 Å². The molecule has 0 spiro atoms. The average Bonchev–Trinajstić information content (AvgIpc) is 3.14. The first-order chi connectivity index (χ1) is 24.9. The molecule has 14 heteroatoms. The molecule has 3 aliphatic heterocycles. The Morgan fingerprint density at radius 2 is 1.44 bits per heavy atom. The summed E-state index contributed by atoms with van der Waals surface area (Å²) in [5.41, 5.74) is 0.951. The Bertz CT molecular complexity index is 1340. The zero-order chi connectivity index (χ0) is 37.3. The number of amides is 1. The first kappa shape index (κ1) is 40.5. The Morgan fingerprint density at radius 1 is 0.865 bits per heavy atom. The van der Waals surface area contributed by atoms with Crippen LogP contribution in [0.25, 0.3) is 0 Å². The summed E-state index contributed by atoms with van der Waals surface area (Å²) in [6, 6.07) is 18.5. The van der Waals surface area contributed by atoms with Gasteiger partial charge >= 0.3 is 6.09 Å². The summed E-state index contributed by atoms with van der Waals surface area (Å²) in [5.74, 6) is 0. The zero-order valence-corrected chi connectivity index (χ0v) is 30.4. The number of alkyl carbamates (subject to hydrolysis) is 1. The van der Waals surface area contributed by atoms with Crippen LogP contribution in [0.3, 0.4) is 0 Å². The Hall–Kier alpha value is -2.73. The number of carbonyl (C=O) groups is 1. The third kappa shape index (κ3) is 11.6. The van der Waals surface area contributed by atoms with E-state index >= 15 is 0 Å². The molecule has 0 saturated carbocycles. The van der Waals surface area contributed by atoms with E-state index in [9.17, 15) is 30.3 Å². The molecule has 52 heavy (non-hydrogen) atoms. The lowest BCUT2D eigenvalue weighted by Gasteiger charge is -2.43. The fraction of sp³-hybridized carbons (Fsp3) is 0.658. The zero-order valence-electron chi connectivity index (χ0n) is 30.4. The highest BCUT2D eigenvalue weighted by molar-refractivity contribution is 5.67. The predicted molar refractivity (Wildman–Crippen MR) is 190 cm³/mol. The smallest absolute Gasteiger partial charge is 0.407 e.